The van der Waals surface area contributed by atoms with Crippen LogP contribution in [0.5, 0.6) is 0 Å². The lowest BCUT2D eigenvalue weighted by molar-refractivity contribution is 0.449. The number of aromatic nitrogens is 2. The maximum atomic E-state index is 6.02. The molecule has 3 aromatic rings. The van der Waals surface area contributed by atoms with Crippen molar-refractivity contribution < 1.29 is 4.42 Å². The molecule has 0 saturated heterocycles. The molecule has 0 aliphatic heterocycles. The van der Waals surface area contributed by atoms with Crippen molar-refractivity contribution in [1.29, 1.82) is 0 Å². The Balaban J connectivity index is 2.02. The quantitative estimate of drug-likeness (QED) is 0.749. The van der Waals surface area contributed by atoms with Gasteiger partial charge in [-0.3, -0.25) is 0 Å². The van der Waals surface area contributed by atoms with Gasteiger partial charge < -0.3 is 14.3 Å². The van der Waals surface area contributed by atoms with E-state index in [-0.39, 0.29) is 6.04 Å². The smallest absolute Gasteiger partial charge is 0.134 e. The zero-order valence-electron chi connectivity index (χ0n) is 12.5. The molecule has 3 rings (SSSR count). The molecular formula is C17H21N3O. The second kappa shape index (κ2) is 6.14. The van der Waals surface area contributed by atoms with Gasteiger partial charge >= 0.3 is 0 Å². The normalized spacial score (nSPS) is 12.9. The number of imidazole rings is 1. The fourth-order valence-corrected chi connectivity index (χ4v) is 2.68. The Hall–Kier alpha value is -2.07. The summed E-state index contributed by atoms with van der Waals surface area (Å²) < 4.78 is 8.22. The Morgan fingerprint density at radius 2 is 2.14 bits per heavy atom. The number of aryl methyl sites for hydroxylation is 1. The molecule has 2 aromatic heterocycles. The highest BCUT2D eigenvalue weighted by molar-refractivity contribution is 5.77. The number of hydrogen-bond donors (Lipinski definition) is 1. The van der Waals surface area contributed by atoms with E-state index in [1.54, 1.807) is 0 Å². The van der Waals surface area contributed by atoms with Gasteiger partial charge in [0.05, 0.1) is 0 Å². The first-order valence-corrected chi connectivity index (χ1v) is 7.56. The van der Waals surface area contributed by atoms with Crippen molar-refractivity contribution in [2.24, 2.45) is 0 Å². The number of benzene rings is 1. The predicted molar refractivity (Wildman–Crippen MR) is 84.3 cm³/mol. The van der Waals surface area contributed by atoms with Crippen molar-refractivity contribution in [3.05, 3.63) is 54.3 Å². The van der Waals surface area contributed by atoms with Crippen LogP contribution in [-0.4, -0.2) is 16.1 Å². The van der Waals surface area contributed by atoms with Gasteiger partial charge in [0.25, 0.3) is 0 Å². The van der Waals surface area contributed by atoms with Crippen molar-refractivity contribution in [2.45, 2.75) is 32.9 Å². The van der Waals surface area contributed by atoms with Gasteiger partial charge in [-0.05, 0) is 25.1 Å². The summed E-state index contributed by atoms with van der Waals surface area (Å²) in [5, 5.41) is 4.61. The zero-order chi connectivity index (χ0) is 14.7. The molecule has 0 aliphatic carbocycles. The van der Waals surface area contributed by atoms with Crippen LogP contribution in [0, 0.1) is 0 Å². The number of furan rings is 1. The number of fused-ring (bicyclic) bond motifs is 1. The van der Waals surface area contributed by atoms with Crippen LogP contribution in [0.25, 0.3) is 11.0 Å². The molecule has 0 fully saturated rings. The zero-order valence-corrected chi connectivity index (χ0v) is 12.5. The summed E-state index contributed by atoms with van der Waals surface area (Å²) in [4.78, 5) is 4.54. The summed E-state index contributed by atoms with van der Waals surface area (Å²) >= 11 is 0. The third-order valence-corrected chi connectivity index (χ3v) is 3.61. The summed E-state index contributed by atoms with van der Waals surface area (Å²) in [6, 6.07) is 10.2. The van der Waals surface area contributed by atoms with Crippen LogP contribution in [0.15, 0.2) is 47.1 Å². The first-order chi connectivity index (χ1) is 10.3. The maximum Gasteiger partial charge on any atom is 0.134 e. The van der Waals surface area contributed by atoms with Gasteiger partial charge in [-0.25, -0.2) is 4.98 Å². The summed E-state index contributed by atoms with van der Waals surface area (Å²) in [5.41, 5.74) is 0.920. The fraction of sp³-hybridized carbons (Fsp3) is 0.353. The first kappa shape index (κ1) is 13.9. The topological polar surface area (TPSA) is 43.0 Å². The third kappa shape index (κ3) is 2.72. The molecule has 0 aliphatic rings. The molecule has 2 heterocycles. The largest absolute Gasteiger partial charge is 0.459 e. The predicted octanol–water partition coefficient (Wildman–Crippen LogP) is 3.74. The van der Waals surface area contributed by atoms with E-state index in [1.807, 2.05) is 30.6 Å². The van der Waals surface area contributed by atoms with Crippen LogP contribution in [0.3, 0.4) is 0 Å². The van der Waals surface area contributed by atoms with Crippen molar-refractivity contribution in [1.82, 2.24) is 14.9 Å². The molecule has 1 unspecified atom stereocenters. The van der Waals surface area contributed by atoms with Crippen molar-refractivity contribution in [3.8, 4) is 0 Å². The Kier molecular flexibility index (Phi) is 4.06. The number of hydrogen-bond acceptors (Lipinski definition) is 3. The minimum absolute atomic E-state index is 0.0102. The van der Waals surface area contributed by atoms with Crippen LogP contribution < -0.4 is 5.32 Å². The highest BCUT2D eigenvalue weighted by Crippen LogP contribution is 2.27. The standard InChI is InChI=1S/C17H21N3O/c1-3-10-20-11-9-19-17(20)16(18-4-2)15-12-13-7-5-6-8-14(13)21-15/h5-9,11-12,16,18H,3-4,10H2,1-2H3. The molecule has 110 valence electrons. The summed E-state index contributed by atoms with van der Waals surface area (Å²) in [7, 11) is 0. The molecule has 0 saturated carbocycles. The van der Waals surface area contributed by atoms with Crippen LogP contribution in [0.2, 0.25) is 0 Å². The Labute approximate surface area is 124 Å². The molecule has 1 atom stereocenters. The third-order valence-electron chi connectivity index (χ3n) is 3.61. The highest BCUT2D eigenvalue weighted by atomic mass is 16.3. The van der Waals surface area contributed by atoms with Gasteiger partial charge in [-0.2, -0.15) is 0 Å². The van der Waals surface area contributed by atoms with E-state index in [9.17, 15) is 0 Å². The fourth-order valence-electron chi connectivity index (χ4n) is 2.68. The SMILES string of the molecule is CCCn1ccnc1C(NCC)c1cc2ccccc2o1. The van der Waals surface area contributed by atoms with Crippen LogP contribution in [0.4, 0.5) is 0 Å². The van der Waals surface area contributed by atoms with E-state index < -0.39 is 0 Å². The average Bonchev–Trinajstić information content (AvgIpc) is 3.11. The van der Waals surface area contributed by atoms with Crippen molar-refractivity contribution >= 4 is 11.0 Å². The van der Waals surface area contributed by atoms with Crippen LogP contribution in [-0.2, 0) is 6.54 Å². The minimum Gasteiger partial charge on any atom is -0.459 e. The van der Waals surface area contributed by atoms with Gasteiger partial charge in [-0.15, -0.1) is 0 Å². The van der Waals surface area contributed by atoms with E-state index >= 15 is 0 Å². The number of para-hydroxylation sites is 1. The van der Waals surface area contributed by atoms with Gasteiger partial charge in [0, 0.05) is 24.3 Å². The summed E-state index contributed by atoms with van der Waals surface area (Å²) in [6.07, 6.45) is 4.98. The van der Waals surface area contributed by atoms with Gasteiger partial charge in [-0.1, -0.05) is 32.0 Å². The van der Waals surface area contributed by atoms with Crippen molar-refractivity contribution in [3.63, 3.8) is 0 Å². The molecular weight excluding hydrogens is 262 g/mol. The minimum atomic E-state index is -0.0102. The Morgan fingerprint density at radius 1 is 1.29 bits per heavy atom. The van der Waals surface area contributed by atoms with Crippen LogP contribution in [0.1, 0.15) is 37.9 Å². The molecule has 0 radical (unpaired) electrons. The lowest BCUT2D eigenvalue weighted by Crippen LogP contribution is -2.25. The van der Waals surface area contributed by atoms with Gasteiger partial charge in [0.1, 0.15) is 23.2 Å². The second-order valence-electron chi connectivity index (χ2n) is 5.16. The Morgan fingerprint density at radius 3 is 2.90 bits per heavy atom. The molecule has 0 spiro atoms. The van der Waals surface area contributed by atoms with E-state index in [1.165, 1.54) is 0 Å². The van der Waals surface area contributed by atoms with E-state index in [0.29, 0.717) is 0 Å². The second-order valence-corrected chi connectivity index (χ2v) is 5.16. The highest BCUT2D eigenvalue weighted by Gasteiger charge is 2.21. The Bertz CT molecular complexity index is 680. The maximum absolute atomic E-state index is 6.02. The number of rotatable bonds is 6. The average molecular weight is 283 g/mol. The van der Waals surface area contributed by atoms with Crippen LogP contribution >= 0.6 is 0 Å². The van der Waals surface area contributed by atoms with Gasteiger partial charge in [0.15, 0.2) is 0 Å². The van der Waals surface area contributed by atoms with Crippen molar-refractivity contribution in [2.75, 3.05) is 6.54 Å². The number of nitrogens with one attached hydrogen (secondary N) is 1. The molecule has 21 heavy (non-hydrogen) atoms. The molecule has 4 nitrogen and oxygen atoms in total. The molecule has 4 heteroatoms. The first-order valence-electron chi connectivity index (χ1n) is 7.56. The van der Waals surface area contributed by atoms with E-state index in [0.717, 1.165) is 42.1 Å². The number of nitrogens with zero attached hydrogens (tertiary/aromatic N) is 2. The summed E-state index contributed by atoms with van der Waals surface area (Å²) in [6.45, 7) is 6.11. The summed E-state index contributed by atoms with van der Waals surface area (Å²) in [5.74, 6) is 1.93. The monoisotopic (exact) mass is 283 g/mol. The van der Waals surface area contributed by atoms with Gasteiger partial charge in [0.2, 0.25) is 0 Å². The molecule has 0 amide bonds. The lowest BCUT2D eigenvalue weighted by Gasteiger charge is -2.16. The van der Waals surface area contributed by atoms with E-state index in [4.69, 9.17) is 4.42 Å². The molecule has 1 N–H and O–H groups in total. The lowest BCUT2D eigenvalue weighted by atomic mass is 10.2. The molecule has 1 aromatic carbocycles. The van der Waals surface area contributed by atoms with E-state index in [2.05, 4.69) is 40.8 Å². The molecule has 0 bridgehead atoms.